The summed E-state index contributed by atoms with van der Waals surface area (Å²) in [5.41, 5.74) is 0. The van der Waals surface area contributed by atoms with Crippen LogP contribution in [0.5, 0.6) is 0 Å². The third kappa shape index (κ3) is 2.62. The molecular weight excluding hydrogens is 292 g/mol. The van der Waals surface area contributed by atoms with Crippen molar-refractivity contribution in [2.75, 3.05) is 6.54 Å². The fourth-order valence-electron chi connectivity index (χ4n) is 1.47. The van der Waals surface area contributed by atoms with Gasteiger partial charge in [-0.3, -0.25) is 9.71 Å². The zero-order valence-corrected chi connectivity index (χ0v) is 10.9. The Morgan fingerprint density at radius 1 is 1.38 bits per heavy atom. The van der Waals surface area contributed by atoms with E-state index in [1.54, 1.807) is 24.3 Å². The normalized spacial score (nSPS) is 15.9. The third-order valence-corrected chi connectivity index (χ3v) is 4.11. The van der Waals surface area contributed by atoms with Gasteiger partial charge in [0, 0.05) is 17.4 Å². The number of halogens is 1. The first kappa shape index (κ1) is 11.6. The topological polar surface area (TPSA) is 58.5 Å². The standard InChI is InChI=1S/C10H11BrN2O2S/c11-8-3-1-4-9(7-8)16(14,15)13-10-5-2-6-12-10/h1,3-4,7H,2,5-6H2,(H,12,13). The van der Waals surface area contributed by atoms with E-state index < -0.39 is 10.0 Å². The summed E-state index contributed by atoms with van der Waals surface area (Å²) >= 11 is 3.24. The molecule has 0 saturated heterocycles. The van der Waals surface area contributed by atoms with Gasteiger partial charge in [0.25, 0.3) is 10.0 Å². The molecule has 0 radical (unpaired) electrons. The maximum atomic E-state index is 11.9. The number of nitrogens with one attached hydrogen (secondary N) is 1. The Hall–Kier alpha value is -0.880. The van der Waals surface area contributed by atoms with Crippen LogP contribution in [0.25, 0.3) is 0 Å². The molecule has 1 aliphatic heterocycles. The molecule has 86 valence electrons. The molecule has 1 aromatic carbocycles. The van der Waals surface area contributed by atoms with Crippen LogP contribution in [-0.2, 0) is 10.0 Å². The van der Waals surface area contributed by atoms with E-state index in [1.165, 1.54) is 0 Å². The first-order valence-electron chi connectivity index (χ1n) is 4.90. The maximum Gasteiger partial charge on any atom is 0.262 e. The van der Waals surface area contributed by atoms with Crippen LogP contribution < -0.4 is 4.72 Å². The van der Waals surface area contributed by atoms with Crippen LogP contribution in [-0.4, -0.2) is 20.8 Å². The second kappa shape index (κ2) is 4.55. The summed E-state index contributed by atoms with van der Waals surface area (Å²) in [5.74, 6) is 0.556. The summed E-state index contributed by atoms with van der Waals surface area (Å²) in [6, 6.07) is 6.60. The minimum Gasteiger partial charge on any atom is -0.272 e. The molecule has 0 spiro atoms. The van der Waals surface area contributed by atoms with Gasteiger partial charge in [0.15, 0.2) is 0 Å². The summed E-state index contributed by atoms with van der Waals surface area (Å²) < 4.78 is 27.1. The molecule has 1 heterocycles. The van der Waals surface area contributed by atoms with Crippen LogP contribution in [0.1, 0.15) is 12.8 Å². The van der Waals surface area contributed by atoms with Crippen molar-refractivity contribution in [3.63, 3.8) is 0 Å². The fraction of sp³-hybridized carbons (Fsp3) is 0.300. The second-order valence-corrected chi connectivity index (χ2v) is 6.09. The van der Waals surface area contributed by atoms with Crippen molar-refractivity contribution in [3.05, 3.63) is 28.7 Å². The van der Waals surface area contributed by atoms with Crippen molar-refractivity contribution in [1.82, 2.24) is 4.72 Å². The van der Waals surface area contributed by atoms with Crippen LogP contribution in [0.2, 0.25) is 0 Å². The monoisotopic (exact) mass is 302 g/mol. The number of rotatable bonds is 2. The molecule has 0 unspecified atom stereocenters. The first-order chi connectivity index (χ1) is 7.58. The highest BCUT2D eigenvalue weighted by molar-refractivity contribution is 9.10. The summed E-state index contributed by atoms with van der Waals surface area (Å²) in [6.45, 7) is 0.705. The second-order valence-electron chi connectivity index (χ2n) is 3.49. The van der Waals surface area contributed by atoms with Gasteiger partial charge >= 0.3 is 0 Å². The molecule has 4 nitrogen and oxygen atoms in total. The van der Waals surface area contributed by atoms with Gasteiger partial charge in [0.05, 0.1) is 4.90 Å². The third-order valence-electron chi connectivity index (χ3n) is 2.23. The Morgan fingerprint density at radius 3 is 2.81 bits per heavy atom. The van der Waals surface area contributed by atoms with Crippen molar-refractivity contribution in [3.8, 4) is 0 Å². The number of nitrogens with zero attached hydrogens (tertiary/aromatic N) is 1. The van der Waals surface area contributed by atoms with E-state index in [0.29, 0.717) is 18.8 Å². The number of amidine groups is 1. The van der Waals surface area contributed by atoms with Crippen LogP contribution in [0, 0.1) is 0 Å². The zero-order valence-electron chi connectivity index (χ0n) is 8.48. The summed E-state index contributed by atoms with van der Waals surface area (Å²) in [5, 5.41) is 0. The van der Waals surface area contributed by atoms with E-state index in [2.05, 4.69) is 25.6 Å². The summed E-state index contributed by atoms with van der Waals surface area (Å²) in [4.78, 5) is 4.33. The van der Waals surface area contributed by atoms with E-state index in [9.17, 15) is 8.42 Å². The van der Waals surface area contributed by atoms with Gasteiger partial charge in [-0.15, -0.1) is 0 Å². The van der Waals surface area contributed by atoms with Crippen LogP contribution in [0.3, 0.4) is 0 Å². The Labute approximate surface area is 103 Å². The molecule has 6 heteroatoms. The van der Waals surface area contributed by atoms with E-state index in [1.807, 2.05) is 0 Å². The van der Waals surface area contributed by atoms with E-state index >= 15 is 0 Å². The molecule has 0 atom stereocenters. The molecule has 1 N–H and O–H groups in total. The van der Waals surface area contributed by atoms with Gasteiger partial charge < -0.3 is 0 Å². The lowest BCUT2D eigenvalue weighted by Crippen LogP contribution is -2.29. The predicted molar refractivity (Wildman–Crippen MR) is 66.0 cm³/mol. The van der Waals surface area contributed by atoms with Gasteiger partial charge in [0.2, 0.25) is 0 Å². The van der Waals surface area contributed by atoms with Gasteiger partial charge in [-0.2, -0.15) is 0 Å². The van der Waals surface area contributed by atoms with E-state index in [4.69, 9.17) is 0 Å². The molecule has 0 amide bonds. The molecule has 0 aromatic heterocycles. The number of aliphatic imine (C=N–C) groups is 1. The number of benzene rings is 1. The largest absolute Gasteiger partial charge is 0.272 e. The fourth-order valence-corrected chi connectivity index (χ4v) is 3.16. The van der Waals surface area contributed by atoms with Crippen LogP contribution in [0.4, 0.5) is 0 Å². The maximum absolute atomic E-state index is 11.9. The summed E-state index contributed by atoms with van der Waals surface area (Å²) in [6.07, 6.45) is 1.61. The zero-order chi connectivity index (χ0) is 11.6. The van der Waals surface area contributed by atoms with Gasteiger partial charge in [-0.25, -0.2) is 8.42 Å². The Kier molecular flexibility index (Phi) is 3.30. The molecule has 0 bridgehead atoms. The average molecular weight is 303 g/mol. The SMILES string of the molecule is O=S(=O)(NC1=NCCC1)c1cccc(Br)c1. The average Bonchev–Trinajstić information content (AvgIpc) is 2.70. The first-order valence-corrected chi connectivity index (χ1v) is 7.17. The highest BCUT2D eigenvalue weighted by atomic mass is 79.9. The van der Waals surface area contributed by atoms with Crippen LogP contribution >= 0.6 is 15.9 Å². The van der Waals surface area contributed by atoms with E-state index in [0.717, 1.165) is 10.9 Å². The Bertz CT molecular complexity index is 525. The lowest BCUT2D eigenvalue weighted by atomic mass is 10.3. The Balaban J connectivity index is 2.25. The highest BCUT2D eigenvalue weighted by Crippen LogP contribution is 2.16. The smallest absolute Gasteiger partial charge is 0.262 e. The van der Waals surface area contributed by atoms with Gasteiger partial charge in [-0.1, -0.05) is 22.0 Å². The minimum atomic E-state index is -3.48. The highest BCUT2D eigenvalue weighted by Gasteiger charge is 2.17. The minimum absolute atomic E-state index is 0.247. The molecule has 0 saturated carbocycles. The molecule has 2 rings (SSSR count). The summed E-state index contributed by atoms with van der Waals surface area (Å²) in [7, 11) is -3.48. The van der Waals surface area contributed by atoms with Gasteiger partial charge in [0.1, 0.15) is 5.84 Å². The van der Waals surface area contributed by atoms with Crippen LogP contribution in [0.15, 0.2) is 38.6 Å². The number of hydrogen-bond acceptors (Lipinski definition) is 3. The number of hydrogen-bond donors (Lipinski definition) is 1. The van der Waals surface area contributed by atoms with E-state index in [-0.39, 0.29) is 4.90 Å². The predicted octanol–water partition coefficient (Wildman–Crippen LogP) is 1.92. The van der Waals surface area contributed by atoms with Crippen molar-refractivity contribution in [1.29, 1.82) is 0 Å². The van der Waals surface area contributed by atoms with Crippen molar-refractivity contribution >= 4 is 31.8 Å². The Morgan fingerprint density at radius 2 is 2.19 bits per heavy atom. The van der Waals surface area contributed by atoms with Crippen molar-refractivity contribution < 1.29 is 8.42 Å². The van der Waals surface area contributed by atoms with Crippen molar-refractivity contribution in [2.24, 2.45) is 4.99 Å². The molecule has 0 aliphatic carbocycles. The lowest BCUT2D eigenvalue weighted by Gasteiger charge is -2.07. The van der Waals surface area contributed by atoms with Gasteiger partial charge in [-0.05, 0) is 24.6 Å². The lowest BCUT2D eigenvalue weighted by molar-refractivity contribution is 0.592. The molecule has 0 fully saturated rings. The molecule has 1 aromatic rings. The quantitative estimate of drug-likeness (QED) is 0.907. The molecule has 16 heavy (non-hydrogen) atoms. The van der Waals surface area contributed by atoms with Crippen molar-refractivity contribution in [2.45, 2.75) is 17.7 Å². The molecule has 1 aliphatic rings. The number of sulfonamides is 1. The molecular formula is C10H11BrN2O2S.